The lowest BCUT2D eigenvalue weighted by Gasteiger charge is -2.37. The fraction of sp³-hybridized carbons (Fsp3) is 0.500. The fourth-order valence-electron chi connectivity index (χ4n) is 5.07. The largest absolute Gasteiger partial charge is 0.496 e. The Morgan fingerprint density at radius 1 is 0.970 bits per heavy atom. The van der Waals surface area contributed by atoms with E-state index in [-0.39, 0.29) is 16.7 Å². The first-order chi connectivity index (χ1) is 15.9. The number of aryl methyl sites for hydroxylation is 1. The van der Waals surface area contributed by atoms with E-state index in [2.05, 4.69) is 24.3 Å². The molecule has 0 bridgehead atoms. The Bertz CT molecular complexity index is 1050. The van der Waals surface area contributed by atoms with Crippen LogP contribution < -0.4 is 4.74 Å². The van der Waals surface area contributed by atoms with Crippen LogP contribution in [-0.4, -0.2) is 56.8 Å². The summed E-state index contributed by atoms with van der Waals surface area (Å²) >= 11 is 0. The molecule has 178 valence electrons. The van der Waals surface area contributed by atoms with Gasteiger partial charge >= 0.3 is 0 Å². The first kappa shape index (κ1) is 23.8. The maximum Gasteiger partial charge on any atom is 0.243 e. The Morgan fingerprint density at radius 3 is 2.24 bits per heavy atom. The van der Waals surface area contributed by atoms with Crippen molar-refractivity contribution in [3.63, 3.8) is 0 Å². The average Bonchev–Trinajstić information content (AvgIpc) is 2.85. The molecule has 0 spiro atoms. The normalized spacial score (nSPS) is 18.9. The number of methoxy groups -OCH3 is 1. The fourth-order valence-corrected chi connectivity index (χ4v) is 6.62. The van der Waals surface area contributed by atoms with E-state index in [0.717, 1.165) is 37.9 Å². The Balaban J connectivity index is 1.29. The number of hydrogen-bond acceptors (Lipinski definition) is 4. The molecule has 2 aliphatic rings. The molecular formula is C26H34N2O4S. The number of hydrogen-bond donors (Lipinski definition) is 0. The van der Waals surface area contributed by atoms with Gasteiger partial charge in [-0.2, -0.15) is 4.31 Å². The SMILES string of the molecule is COc1ccc(S(=O)(=O)N2CCC(C(=O)N3CCC(Cc4ccccc4)CC3)CC2)cc1C. The summed E-state index contributed by atoms with van der Waals surface area (Å²) in [6, 6.07) is 15.5. The highest BCUT2D eigenvalue weighted by molar-refractivity contribution is 7.89. The van der Waals surface area contributed by atoms with Crippen molar-refractivity contribution >= 4 is 15.9 Å². The van der Waals surface area contributed by atoms with Gasteiger partial charge in [0.05, 0.1) is 12.0 Å². The first-order valence-electron chi connectivity index (χ1n) is 11.9. The predicted octanol–water partition coefficient (Wildman–Crippen LogP) is 3.89. The topological polar surface area (TPSA) is 66.9 Å². The summed E-state index contributed by atoms with van der Waals surface area (Å²) in [4.78, 5) is 15.4. The molecule has 7 heteroatoms. The Labute approximate surface area is 197 Å². The zero-order chi connectivity index (χ0) is 23.4. The summed E-state index contributed by atoms with van der Waals surface area (Å²) in [5.74, 6) is 1.41. The molecule has 2 fully saturated rings. The van der Waals surface area contributed by atoms with Crippen LogP contribution in [0.4, 0.5) is 0 Å². The van der Waals surface area contributed by atoms with Gasteiger partial charge in [-0.25, -0.2) is 8.42 Å². The van der Waals surface area contributed by atoms with E-state index in [1.165, 1.54) is 9.87 Å². The Hall–Kier alpha value is -2.38. The van der Waals surface area contributed by atoms with Crippen molar-refractivity contribution in [2.75, 3.05) is 33.3 Å². The number of likely N-dealkylation sites (tertiary alicyclic amines) is 1. The Kier molecular flexibility index (Phi) is 7.39. The number of carbonyl (C=O) groups is 1. The highest BCUT2D eigenvalue weighted by Crippen LogP contribution is 2.29. The summed E-state index contributed by atoms with van der Waals surface area (Å²) in [5, 5.41) is 0. The molecule has 0 N–H and O–H groups in total. The Morgan fingerprint density at radius 2 is 1.64 bits per heavy atom. The molecule has 0 atom stereocenters. The summed E-state index contributed by atoms with van der Waals surface area (Å²) in [6.45, 7) is 4.22. The quantitative estimate of drug-likeness (QED) is 0.643. The summed E-state index contributed by atoms with van der Waals surface area (Å²) in [6.07, 6.45) is 4.30. The molecule has 2 heterocycles. The molecule has 4 rings (SSSR count). The van der Waals surface area contributed by atoms with Crippen LogP contribution in [0.5, 0.6) is 5.75 Å². The van der Waals surface area contributed by atoms with Gasteiger partial charge in [-0.05, 0) is 74.3 Å². The lowest BCUT2D eigenvalue weighted by Crippen LogP contribution is -2.46. The molecule has 1 amide bonds. The van der Waals surface area contributed by atoms with Crippen LogP contribution in [0.2, 0.25) is 0 Å². The third-order valence-electron chi connectivity index (χ3n) is 7.10. The van der Waals surface area contributed by atoms with Crippen LogP contribution in [0.25, 0.3) is 0 Å². The van der Waals surface area contributed by atoms with Crippen molar-refractivity contribution in [3.8, 4) is 5.75 Å². The molecular weight excluding hydrogens is 436 g/mol. The van der Waals surface area contributed by atoms with Gasteiger partial charge < -0.3 is 9.64 Å². The molecule has 2 saturated heterocycles. The molecule has 2 aliphatic heterocycles. The summed E-state index contributed by atoms with van der Waals surface area (Å²) < 4.78 is 32.9. The molecule has 0 aromatic heterocycles. The van der Waals surface area contributed by atoms with Crippen LogP contribution in [0.15, 0.2) is 53.4 Å². The minimum atomic E-state index is -3.57. The lowest BCUT2D eigenvalue weighted by atomic mass is 9.89. The van der Waals surface area contributed by atoms with Gasteiger partial charge in [0.25, 0.3) is 0 Å². The molecule has 0 aliphatic carbocycles. The summed E-state index contributed by atoms with van der Waals surface area (Å²) in [5.41, 5.74) is 2.15. The van der Waals surface area contributed by atoms with Crippen molar-refractivity contribution in [3.05, 3.63) is 59.7 Å². The van der Waals surface area contributed by atoms with Gasteiger partial charge in [-0.1, -0.05) is 30.3 Å². The zero-order valence-electron chi connectivity index (χ0n) is 19.6. The molecule has 0 saturated carbocycles. The monoisotopic (exact) mass is 470 g/mol. The van der Waals surface area contributed by atoms with E-state index in [0.29, 0.717) is 37.6 Å². The smallest absolute Gasteiger partial charge is 0.243 e. The maximum absolute atomic E-state index is 13.1. The third-order valence-corrected chi connectivity index (χ3v) is 9.00. The van der Waals surface area contributed by atoms with E-state index < -0.39 is 10.0 Å². The van der Waals surface area contributed by atoms with Crippen LogP contribution in [0.3, 0.4) is 0 Å². The minimum Gasteiger partial charge on any atom is -0.496 e. The van der Waals surface area contributed by atoms with Crippen LogP contribution >= 0.6 is 0 Å². The molecule has 0 unspecified atom stereocenters. The highest BCUT2D eigenvalue weighted by Gasteiger charge is 2.35. The summed E-state index contributed by atoms with van der Waals surface area (Å²) in [7, 11) is -1.99. The van der Waals surface area contributed by atoms with Gasteiger partial charge in [0, 0.05) is 32.1 Å². The second-order valence-corrected chi connectivity index (χ2v) is 11.2. The van der Waals surface area contributed by atoms with Crippen LogP contribution in [0.1, 0.15) is 36.8 Å². The first-order valence-corrected chi connectivity index (χ1v) is 13.3. The predicted molar refractivity (Wildman–Crippen MR) is 129 cm³/mol. The second-order valence-electron chi connectivity index (χ2n) is 9.27. The molecule has 6 nitrogen and oxygen atoms in total. The van der Waals surface area contributed by atoms with E-state index in [1.807, 2.05) is 17.9 Å². The van der Waals surface area contributed by atoms with Gasteiger partial charge in [-0.3, -0.25) is 4.79 Å². The number of carbonyl (C=O) groups excluding carboxylic acids is 1. The number of ether oxygens (including phenoxy) is 1. The maximum atomic E-state index is 13.1. The number of sulfonamides is 1. The van der Waals surface area contributed by atoms with Crippen molar-refractivity contribution in [1.82, 2.24) is 9.21 Å². The third kappa shape index (κ3) is 5.41. The lowest BCUT2D eigenvalue weighted by molar-refractivity contribution is -0.138. The van der Waals surface area contributed by atoms with E-state index in [1.54, 1.807) is 25.3 Å². The van der Waals surface area contributed by atoms with E-state index in [9.17, 15) is 13.2 Å². The van der Waals surface area contributed by atoms with Gasteiger partial charge in [0.1, 0.15) is 5.75 Å². The van der Waals surface area contributed by atoms with Crippen molar-refractivity contribution in [1.29, 1.82) is 0 Å². The molecule has 2 aromatic rings. The number of nitrogens with zero attached hydrogens (tertiary/aromatic N) is 2. The number of rotatable bonds is 6. The van der Waals surface area contributed by atoms with E-state index >= 15 is 0 Å². The molecule has 0 radical (unpaired) electrons. The zero-order valence-corrected chi connectivity index (χ0v) is 20.4. The molecule has 33 heavy (non-hydrogen) atoms. The van der Waals surface area contributed by atoms with E-state index in [4.69, 9.17) is 4.74 Å². The second kappa shape index (κ2) is 10.3. The van der Waals surface area contributed by atoms with Gasteiger partial charge in [0.15, 0.2) is 0 Å². The van der Waals surface area contributed by atoms with Crippen LogP contribution in [0, 0.1) is 18.8 Å². The number of piperidine rings is 2. The van der Waals surface area contributed by atoms with Crippen molar-refractivity contribution in [2.45, 2.75) is 43.9 Å². The minimum absolute atomic E-state index is 0.0836. The van der Waals surface area contributed by atoms with Crippen LogP contribution in [-0.2, 0) is 21.2 Å². The molecule has 2 aromatic carbocycles. The van der Waals surface area contributed by atoms with Crippen molar-refractivity contribution < 1.29 is 17.9 Å². The van der Waals surface area contributed by atoms with Gasteiger partial charge in [0.2, 0.25) is 15.9 Å². The number of benzene rings is 2. The standard InChI is InChI=1S/C26H34N2O4S/c1-20-18-24(8-9-25(20)32-2)33(30,31)28-16-12-23(13-17-28)26(29)27-14-10-22(11-15-27)19-21-6-4-3-5-7-21/h3-9,18,22-23H,10-17,19H2,1-2H3. The van der Waals surface area contributed by atoms with Crippen molar-refractivity contribution in [2.24, 2.45) is 11.8 Å². The average molecular weight is 471 g/mol. The van der Waals surface area contributed by atoms with Gasteiger partial charge in [-0.15, -0.1) is 0 Å². The highest BCUT2D eigenvalue weighted by atomic mass is 32.2. The number of amides is 1.